The van der Waals surface area contributed by atoms with Crippen LogP contribution in [-0.2, 0) is 11.2 Å². The lowest BCUT2D eigenvalue weighted by atomic mass is 10.0. The Bertz CT molecular complexity index is 995. The van der Waals surface area contributed by atoms with Crippen LogP contribution in [0.5, 0.6) is 5.75 Å². The number of carbonyl (C=O) groups is 1. The van der Waals surface area contributed by atoms with E-state index in [2.05, 4.69) is 16.1 Å². The predicted octanol–water partition coefficient (Wildman–Crippen LogP) is 3.77. The molecule has 4 rings (SSSR count). The Hall–Kier alpha value is -3.35. The van der Waals surface area contributed by atoms with E-state index in [4.69, 9.17) is 9.26 Å². The molecule has 0 unspecified atom stereocenters. The van der Waals surface area contributed by atoms with Gasteiger partial charge in [-0.3, -0.25) is 4.79 Å². The quantitative estimate of drug-likeness (QED) is 0.620. The van der Waals surface area contributed by atoms with Crippen LogP contribution in [0.2, 0.25) is 0 Å². The SMILES string of the molecule is COc1cccc(N2CCN(C(=O)CCc3conc3-c3ccc(F)cc3)CC2)c1. The molecule has 0 spiro atoms. The summed E-state index contributed by atoms with van der Waals surface area (Å²) in [7, 11) is 1.66. The first-order valence-electron chi connectivity index (χ1n) is 10.00. The first kappa shape index (κ1) is 19.9. The van der Waals surface area contributed by atoms with Crippen LogP contribution in [0, 0.1) is 5.82 Å². The Kier molecular flexibility index (Phi) is 5.97. The Morgan fingerprint density at radius 3 is 2.63 bits per heavy atom. The van der Waals surface area contributed by atoms with Crippen molar-refractivity contribution >= 4 is 11.6 Å². The van der Waals surface area contributed by atoms with Gasteiger partial charge >= 0.3 is 0 Å². The summed E-state index contributed by atoms with van der Waals surface area (Å²) < 4.78 is 23.6. The molecule has 2 heterocycles. The summed E-state index contributed by atoms with van der Waals surface area (Å²) in [4.78, 5) is 16.9. The van der Waals surface area contributed by atoms with Crippen molar-refractivity contribution < 1.29 is 18.4 Å². The summed E-state index contributed by atoms with van der Waals surface area (Å²) in [5.74, 6) is 0.648. The van der Waals surface area contributed by atoms with E-state index in [1.807, 2.05) is 23.1 Å². The summed E-state index contributed by atoms with van der Waals surface area (Å²) in [5.41, 5.74) is 3.39. The smallest absolute Gasteiger partial charge is 0.223 e. The van der Waals surface area contributed by atoms with Gasteiger partial charge < -0.3 is 19.1 Å². The number of anilines is 1. The van der Waals surface area contributed by atoms with E-state index in [0.29, 0.717) is 31.6 Å². The van der Waals surface area contributed by atoms with E-state index in [1.165, 1.54) is 12.1 Å². The van der Waals surface area contributed by atoms with E-state index in [-0.39, 0.29) is 11.7 Å². The Balaban J connectivity index is 1.32. The number of aryl methyl sites for hydroxylation is 1. The molecule has 30 heavy (non-hydrogen) atoms. The molecule has 1 aliphatic rings. The molecular weight excluding hydrogens is 385 g/mol. The molecule has 156 valence electrons. The van der Waals surface area contributed by atoms with Crippen molar-refractivity contribution in [3.05, 3.63) is 66.2 Å². The molecule has 1 saturated heterocycles. The second-order valence-corrected chi connectivity index (χ2v) is 7.26. The van der Waals surface area contributed by atoms with E-state index in [0.717, 1.165) is 35.7 Å². The van der Waals surface area contributed by atoms with Crippen LogP contribution in [0.4, 0.5) is 10.1 Å². The number of hydrogen-bond acceptors (Lipinski definition) is 5. The maximum atomic E-state index is 13.2. The van der Waals surface area contributed by atoms with Crippen molar-refractivity contribution in [3.8, 4) is 17.0 Å². The number of ether oxygens (including phenoxy) is 1. The molecule has 0 N–H and O–H groups in total. The lowest BCUT2D eigenvalue weighted by Crippen LogP contribution is -2.48. The highest BCUT2D eigenvalue weighted by atomic mass is 19.1. The predicted molar refractivity (Wildman–Crippen MR) is 112 cm³/mol. The fourth-order valence-electron chi connectivity index (χ4n) is 3.70. The summed E-state index contributed by atoms with van der Waals surface area (Å²) >= 11 is 0. The van der Waals surface area contributed by atoms with Crippen molar-refractivity contribution in [1.82, 2.24) is 10.1 Å². The number of carbonyl (C=O) groups excluding carboxylic acids is 1. The summed E-state index contributed by atoms with van der Waals surface area (Å²) in [5, 5.41) is 4.02. The zero-order chi connectivity index (χ0) is 20.9. The molecule has 6 nitrogen and oxygen atoms in total. The van der Waals surface area contributed by atoms with E-state index >= 15 is 0 Å². The lowest BCUT2D eigenvalue weighted by Gasteiger charge is -2.36. The van der Waals surface area contributed by atoms with Gasteiger partial charge in [0, 0.05) is 55.5 Å². The van der Waals surface area contributed by atoms with Gasteiger partial charge in [0.15, 0.2) is 0 Å². The molecule has 7 heteroatoms. The molecule has 0 atom stereocenters. The highest BCUT2D eigenvalue weighted by molar-refractivity contribution is 5.77. The Labute approximate surface area is 174 Å². The molecule has 0 aliphatic carbocycles. The average Bonchev–Trinajstić information content (AvgIpc) is 3.27. The van der Waals surface area contributed by atoms with Crippen LogP contribution in [0.3, 0.4) is 0 Å². The number of methoxy groups -OCH3 is 1. The van der Waals surface area contributed by atoms with Gasteiger partial charge in [-0.2, -0.15) is 0 Å². The minimum Gasteiger partial charge on any atom is -0.497 e. The van der Waals surface area contributed by atoms with Gasteiger partial charge in [-0.25, -0.2) is 4.39 Å². The van der Waals surface area contributed by atoms with Crippen molar-refractivity contribution in [3.63, 3.8) is 0 Å². The zero-order valence-corrected chi connectivity index (χ0v) is 16.9. The van der Waals surface area contributed by atoms with Crippen molar-refractivity contribution in [2.75, 3.05) is 38.2 Å². The number of hydrogen-bond donors (Lipinski definition) is 0. The molecule has 0 bridgehead atoms. The van der Waals surface area contributed by atoms with E-state index in [9.17, 15) is 9.18 Å². The van der Waals surface area contributed by atoms with Crippen molar-refractivity contribution in [2.24, 2.45) is 0 Å². The third kappa shape index (κ3) is 4.45. The third-order valence-corrected chi connectivity index (χ3v) is 5.42. The Morgan fingerprint density at radius 2 is 1.90 bits per heavy atom. The van der Waals surface area contributed by atoms with Crippen molar-refractivity contribution in [1.29, 1.82) is 0 Å². The van der Waals surface area contributed by atoms with Gasteiger partial charge in [-0.05, 0) is 42.8 Å². The fourth-order valence-corrected chi connectivity index (χ4v) is 3.70. The second kappa shape index (κ2) is 8.98. The third-order valence-electron chi connectivity index (χ3n) is 5.42. The fraction of sp³-hybridized carbons (Fsp3) is 0.304. The maximum absolute atomic E-state index is 13.2. The van der Waals surface area contributed by atoms with Gasteiger partial charge in [0.25, 0.3) is 0 Å². The van der Waals surface area contributed by atoms with Gasteiger partial charge in [-0.15, -0.1) is 0 Å². The highest BCUT2D eigenvalue weighted by Crippen LogP contribution is 2.25. The lowest BCUT2D eigenvalue weighted by molar-refractivity contribution is -0.131. The topological polar surface area (TPSA) is 58.8 Å². The second-order valence-electron chi connectivity index (χ2n) is 7.26. The minimum absolute atomic E-state index is 0.117. The number of benzene rings is 2. The maximum Gasteiger partial charge on any atom is 0.223 e. The van der Waals surface area contributed by atoms with Crippen LogP contribution in [0.25, 0.3) is 11.3 Å². The molecule has 0 saturated carbocycles. The number of piperazine rings is 1. The van der Waals surface area contributed by atoms with Crippen LogP contribution in [-0.4, -0.2) is 49.3 Å². The largest absolute Gasteiger partial charge is 0.497 e. The molecule has 2 aromatic carbocycles. The van der Waals surface area contributed by atoms with Gasteiger partial charge in [0.1, 0.15) is 23.5 Å². The number of nitrogens with zero attached hydrogens (tertiary/aromatic N) is 3. The number of aromatic nitrogens is 1. The summed E-state index contributed by atoms with van der Waals surface area (Å²) in [6.45, 7) is 2.94. The van der Waals surface area contributed by atoms with Crippen LogP contribution in [0.15, 0.2) is 59.3 Å². The van der Waals surface area contributed by atoms with Gasteiger partial charge in [0.2, 0.25) is 5.91 Å². The van der Waals surface area contributed by atoms with Crippen LogP contribution < -0.4 is 9.64 Å². The average molecular weight is 409 g/mol. The minimum atomic E-state index is -0.299. The number of halogens is 1. The molecular formula is C23H24FN3O3. The number of rotatable bonds is 6. The molecule has 1 amide bonds. The Morgan fingerprint density at radius 1 is 1.13 bits per heavy atom. The van der Waals surface area contributed by atoms with E-state index in [1.54, 1.807) is 25.5 Å². The summed E-state index contributed by atoms with van der Waals surface area (Å²) in [6, 6.07) is 14.1. The summed E-state index contributed by atoms with van der Waals surface area (Å²) in [6.07, 6.45) is 2.48. The van der Waals surface area contributed by atoms with E-state index < -0.39 is 0 Å². The highest BCUT2D eigenvalue weighted by Gasteiger charge is 2.22. The van der Waals surface area contributed by atoms with Crippen LogP contribution >= 0.6 is 0 Å². The number of amides is 1. The first-order valence-corrected chi connectivity index (χ1v) is 10.00. The van der Waals surface area contributed by atoms with Crippen molar-refractivity contribution in [2.45, 2.75) is 12.8 Å². The van der Waals surface area contributed by atoms with Gasteiger partial charge in [-0.1, -0.05) is 11.2 Å². The molecule has 1 fully saturated rings. The van der Waals surface area contributed by atoms with Crippen LogP contribution in [0.1, 0.15) is 12.0 Å². The molecule has 0 radical (unpaired) electrons. The normalized spacial score (nSPS) is 14.1. The zero-order valence-electron chi connectivity index (χ0n) is 16.9. The molecule has 3 aromatic rings. The first-order chi connectivity index (χ1) is 14.6. The standard InChI is InChI=1S/C23H24FN3O3/c1-29-21-4-2-3-20(15-21)26-11-13-27(14-12-26)22(28)10-7-18-16-30-25-23(18)17-5-8-19(24)9-6-17/h2-6,8-9,15-16H,7,10-14H2,1H3. The molecule has 1 aliphatic heterocycles. The van der Waals surface area contributed by atoms with Gasteiger partial charge in [0.05, 0.1) is 7.11 Å². The molecule has 1 aromatic heterocycles. The monoisotopic (exact) mass is 409 g/mol.